The third kappa shape index (κ3) is 2.03. The minimum atomic E-state index is -0.730. The smallest absolute Gasteiger partial charge is 0.151 e. The van der Waals surface area contributed by atoms with Crippen LogP contribution in [0.25, 0.3) is 0 Å². The molecule has 14 heavy (non-hydrogen) atoms. The molecule has 1 unspecified atom stereocenters. The maximum absolute atomic E-state index is 9.68. The lowest BCUT2D eigenvalue weighted by atomic mass is 10.3. The number of anilines is 1. The zero-order valence-corrected chi connectivity index (χ0v) is 8.49. The number of hydrogen-bond acceptors (Lipinski definition) is 5. The van der Waals surface area contributed by atoms with E-state index in [2.05, 4.69) is 15.6 Å². The second-order valence-corrected chi connectivity index (χ2v) is 2.90. The average molecular weight is 199 g/mol. The summed E-state index contributed by atoms with van der Waals surface area (Å²) in [4.78, 5) is 4.12. The van der Waals surface area contributed by atoms with E-state index in [-0.39, 0.29) is 0 Å². The summed E-state index contributed by atoms with van der Waals surface area (Å²) in [5.74, 6) is 0.667. The Morgan fingerprint density at radius 1 is 1.64 bits per heavy atom. The molecular weight excluding hydrogens is 182 g/mol. The van der Waals surface area contributed by atoms with Gasteiger partial charge in [-0.25, -0.2) is 4.98 Å². The van der Waals surface area contributed by atoms with E-state index in [1.165, 1.54) is 0 Å². The standard InChI is InChI=1S/C8H17N5O/c1-10-7-6(8(14)11-2)13(4-3-9)5-12-7/h5,8,10-11,14H,3-4,9H2,1-2H3. The van der Waals surface area contributed by atoms with Crippen molar-refractivity contribution in [2.45, 2.75) is 12.8 Å². The van der Waals surface area contributed by atoms with Crippen LogP contribution in [-0.4, -0.2) is 35.3 Å². The summed E-state index contributed by atoms with van der Waals surface area (Å²) in [7, 11) is 3.45. The highest BCUT2D eigenvalue weighted by molar-refractivity contribution is 5.41. The molecule has 0 aliphatic rings. The minimum Gasteiger partial charge on any atom is -0.373 e. The summed E-state index contributed by atoms with van der Waals surface area (Å²) in [5.41, 5.74) is 6.16. The van der Waals surface area contributed by atoms with Crippen molar-refractivity contribution in [1.29, 1.82) is 0 Å². The molecule has 80 valence electrons. The van der Waals surface area contributed by atoms with Gasteiger partial charge in [-0.2, -0.15) is 0 Å². The number of hydrogen-bond donors (Lipinski definition) is 4. The van der Waals surface area contributed by atoms with E-state index in [0.29, 0.717) is 24.6 Å². The Labute approximate surface area is 83.1 Å². The molecule has 1 heterocycles. The van der Waals surface area contributed by atoms with Gasteiger partial charge < -0.3 is 20.7 Å². The number of aromatic nitrogens is 2. The van der Waals surface area contributed by atoms with Crippen LogP contribution in [0, 0.1) is 0 Å². The van der Waals surface area contributed by atoms with Crippen LogP contribution >= 0.6 is 0 Å². The van der Waals surface area contributed by atoms with E-state index in [9.17, 15) is 5.11 Å². The van der Waals surface area contributed by atoms with Crippen molar-refractivity contribution in [3.8, 4) is 0 Å². The van der Waals surface area contributed by atoms with Crippen LogP contribution in [0.3, 0.4) is 0 Å². The van der Waals surface area contributed by atoms with Crippen molar-refractivity contribution in [3.63, 3.8) is 0 Å². The number of imidazole rings is 1. The molecule has 1 atom stereocenters. The first-order chi connectivity index (χ1) is 6.74. The third-order valence-corrected chi connectivity index (χ3v) is 2.02. The van der Waals surface area contributed by atoms with Crippen LogP contribution in [0.4, 0.5) is 5.82 Å². The number of rotatable bonds is 5. The van der Waals surface area contributed by atoms with Crippen LogP contribution in [0.15, 0.2) is 6.33 Å². The predicted molar refractivity (Wildman–Crippen MR) is 54.8 cm³/mol. The fourth-order valence-electron chi connectivity index (χ4n) is 1.32. The van der Waals surface area contributed by atoms with E-state index < -0.39 is 6.23 Å². The van der Waals surface area contributed by atoms with Gasteiger partial charge in [0, 0.05) is 20.1 Å². The van der Waals surface area contributed by atoms with Crippen LogP contribution in [0.2, 0.25) is 0 Å². The van der Waals surface area contributed by atoms with Gasteiger partial charge in [-0.05, 0) is 7.05 Å². The van der Waals surface area contributed by atoms with E-state index in [0.717, 1.165) is 0 Å². The van der Waals surface area contributed by atoms with Gasteiger partial charge in [0.2, 0.25) is 0 Å². The Morgan fingerprint density at radius 2 is 2.36 bits per heavy atom. The van der Waals surface area contributed by atoms with Gasteiger partial charge in [-0.3, -0.25) is 5.32 Å². The Bertz CT molecular complexity index is 285. The van der Waals surface area contributed by atoms with Gasteiger partial charge >= 0.3 is 0 Å². The Balaban J connectivity index is 2.99. The molecule has 1 rings (SSSR count). The first kappa shape index (κ1) is 11.0. The molecular formula is C8H17N5O. The van der Waals surface area contributed by atoms with Crippen molar-refractivity contribution < 1.29 is 5.11 Å². The first-order valence-electron chi connectivity index (χ1n) is 4.52. The SMILES string of the molecule is CNc1ncn(CCN)c1C(O)NC. The lowest BCUT2D eigenvalue weighted by Gasteiger charge is -2.14. The zero-order chi connectivity index (χ0) is 10.6. The number of aliphatic hydroxyl groups is 1. The van der Waals surface area contributed by atoms with Crippen molar-refractivity contribution in [2.24, 2.45) is 5.73 Å². The lowest BCUT2D eigenvalue weighted by molar-refractivity contribution is 0.141. The van der Waals surface area contributed by atoms with Crippen molar-refractivity contribution in [1.82, 2.24) is 14.9 Å². The second kappa shape index (κ2) is 4.94. The summed E-state index contributed by atoms with van der Waals surface area (Å²) in [6.45, 7) is 1.16. The lowest BCUT2D eigenvalue weighted by Crippen LogP contribution is -2.22. The summed E-state index contributed by atoms with van der Waals surface area (Å²) in [6, 6.07) is 0. The molecule has 0 aliphatic heterocycles. The van der Waals surface area contributed by atoms with Gasteiger partial charge in [0.15, 0.2) is 5.82 Å². The summed E-state index contributed by atoms with van der Waals surface area (Å²) in [6.07, 6.45) is 0.931. The monoisotopic (exact) mass is 199 g/mol. The molecule has 0 amide bonds. The number of nitrogens with two attached hydrogens (primary N) is 1. The average Bonchev–Trinajstić information content (AvgIpc) is 2.60. The Kier molecular flexibility index (Phi) is 3.87. The highest BCUT2D eigenvalue weighted by Gasteiger charge is 2.16. The molecule has 0 radical (unpaired) electrons. The molecule has 0 bridgehead atoms. The molecule has 1 aromatic heterocycles. The first-order valence-corrected chi connectivity index (χ1v) is 4.52. The summed E-state index contributed by atoms with van der Waals surface area (Å²) in [5, 5.41) is 15.4. The van der Waals surface area contributed by atoms with Crippen LogP contribution in [0.1, 0.15) is 11.9 Å². The molecule has 6 nitrogen and oxygen atoms in total. The van der Waals surface area contributed by atoms with Gasteiger partial charge in [0.25, 0.3) is 0 Å². The van der Waals surface area contributed by atoms with E-state index in [1.54, 1.807) is 20.4 Å². The molecule has 0 aromatic carbocycles. The molecule has 0 spiro atoms. The van der Waals surface area contributed by atoms with E-state index >= 15 is 0 Å². The molecule has 1 aromatic rings. The molecule has 0 aliphatic carbocycles. The summed E-state index contributed by atoms with van der Waals surface area (Å²) < 4.78 is 1.83. The third-order valence-electron chi connectivity index (χ3n) is 2.02. The number of nitrogens with one attached hydrogen (secondary N) is 2. The van der Waals surface area contributed by atoms with Gasteiger partial charge in [0.1, 0.15) is 11.9 Å². The van der Waals surface area contributed by atoms with Gasteiger partial charge in [-0.15, -0.1) is 0 Å². The van der Waals surface area contributed by atoms with Crippen molar-refractivity contribution in [2.75, 3.05) is 26.0 Å². The van der Waals surface area contributed by atoms with E-state index in [4.69, 9.17) is 5.73 Å². The van der Waals surface area contributed by atoms with Crippen LogP contribution < -0.4 is 16.4 Å². The number of nitrogens with zero attached hydrogens (tertiary/aromatic N) is 2. The van der Waals surface area contributed by atoms with Gasteiger partial charge in [0.05, 0.1) is 6.33 Å². The van der Waals surface area contributed by atoms with Crippen molar-refractivity contribution in [3.05, 3.63) is 12.0 Å². The Hall–Kier alpha value is -1.11. The fraction of sp³-hybridized carbons (Fsp3) is 0.625. The Morgan fingerprint density at radius 3 is 2.86 bits per heavy atom. The summed E-state index contributed by atoms with van der Waals surface area (Å²) >= 11 is 0. The maximum Gasteiger partial charge on any atom is 0.151 e. The molecule has 0 fully saturated rings. The fourth-order valence-corrected chi connectivity index (χ4v) is 1.32. The molecule has 6 heteroatoms. The second-order valence-electron chi connectivity index (χ2n) is 2.90. The highest BCUT2D eigenvalue weighted by Crippen LogP contribution is 2.18. The largest absolute Gasteiger partial charge is 0.373 e. The topological polar surface area (TPSA) is 88.1 Å². The van der Waals surface area contributed by atoms with Crippen LogP contribution in [0.5, 0.6) is 0 Å². The highest BCUT2D eigenvalue weighted by atomic mass is 16.3. The predicted octanol–water partition coefficient (Wildman–Crippen LogP) is -0.906. The van der Waals surface area contributed by atoms with Gasteiger partial charge in [-0.1, -0.05) is 0 Å². The normalized spacial score (nSPS) is 12.9. The number of aliphatic hydroxyl groups excluding tert-OH is 1. The quantitative estimate of drug-likeness (QED) is 0.461. The molecule has 0 saturated heterocycles. The minimum absolute atomic E-state index is 0.517. The molecule has 5 N–H and O–H groups in total. The zero-order valence-electron chi connectivity index (χ0n) is 8.49. The van der Waals surface area contributed by atoms with E-state index in [1.807, 2.05) is 4.57 Å². The van der Waals surface area contributed by atoms with Crippen molar-refractivity contribution >= 4 is 5.82 Å². The maximum atomic E-state index is 9.68. The van der Waals surface area contributed by atoms with Crippen LogP contribution in [-0.2, 0) is 6.54 Å². The molecule has 0 saturated carbocycles.